The second-order valence-electron chi connectivity index (χ2n) is 5.52. The first-order valence-corrected chi connectivity index (χ1v) is 8.20. The van der Waals surface area contributed by atoms with Gasteiger partial charge in [-0.25, -0.2) is 0 Å². The Balaban J connectivity index is 1.90. The third-order valence-corrected chi connectivity index (χ3v) is 4.97. The van der Waals surface area contributed by atoms with E-state index >= 15 is 0 Å². The van der Waals surface area contributed by atoms with Crippen molar-refractivity contribution in [2.75, 3.05) is 0 Å². The first kappa shape index (κ1) is 13.0. The zero-order chi connectivity index (χ0) is 15.4. The molecule has 0 amide bonds. The quantitative estimate of drug-likeness (QED) is 0.329. The molecule has 0 saturated carbocycles. The minimum atomic E-state index is 0.802. The van der Waals surface area contributed by atoms with Crippen molar-refractivity contribution in [2.24, 2.45) is 0 Å². The first-order chi connectivity index (χ1) is 11.3. The fraction of sp³-hybridized carbons (Fsp3) is 0. The van der Waals surface area contributed by atoms with Crippen LogP contribution in [0.3, 0.4) is 0 Å². The van der Waals surface area contributed by atoms with E-state index in [0.29, 0.717) is 0 Å². The molecule has 0 bridgehead atoms. The molecule has 0 unspecified atom stereocenters. The Morgan fingerprint density at radius 1 is 0.609 bits per heavy atom. The molecule has 23 heavy (non-hydrogen) atoms. The largest absolute Gasteiger partial charge is 0.455 e. The molecule has 3 aromatic carbocycles. The van der Waals surface area contributed by atoms with Crippen LogP contribution in [0.5, 0.6) is 0 Å². The first-order valence-electron chi connectivity index (χ1n) is 7.40. The molecule has 0 aliphatic heterocycles. The van der Waals surface area contributed by atoms with Gasteiger partial charge in [-0.3, -0.25) is 0 Å². The highest BCUT2D eigenvalue weighted by Gasteiger charge is 2.18. The molecular weight excluding hydrogens is 352 g/mol. The van der Waals surface area contributed by atoms with Crippen LogP contribution in [-0.2, 0) is 0 Å². The molecule has 0 atom stereocenters. The molecule has 5 rings (SSSR count). The molecule has 0 radical (unpaired) electrons. The fourth-order valence-corrected chi connectivity index (χ4v) is 3.74. The van der Waals surface area contributed by atoms with Crippen LogP contribution in [0.25, 0.3) is 44.2 Å². The Morgan fingerprint density at radius 2 is 1.26 bits per heavy atom. The second kappa shape index (κ2) is 4.74. The average Bonchev–Trinajstić information content (AvgIpc) is 3.13. The van der Waals surface area contributed by atoms with E-state index in [1.807, 2.05) is 54.6 Å². The summed E-state index contributed by atoms with van der Waals surface area (Å²) in [5, 5.41) is 3.29. The Labute approximate surface area is 140 Å². The fourth-order valence-electron chi connectivity index (χ4n) is 3.11. The molecule has 0 saturated heterocycles. The van der Waals surface area contributed by atoms with Gasteiger partial charge in [-0.05, 0) is 40.2 Å². The minimum absolute atomic E-state index is 0.802. The van der Waals surface area contributed by atoms with E-state index in [1.165, 1.54) is 0 Å². The lowest BCUT2D eigenvalue weighted by molar-refractivity contribution is 0.624. The zero-order valence-corrected chi connectivity index (χ0v) is 13.6. The maximum absolute atomic E-state index is 6.11. The van der Waals surface area contributed by atoms with Crippen molar-refractivity contribution in [1.29, 1.82) is 0 Å². The van der Waals surface area contributed by atoms with E-state index in [2.05, 4.69) is 28.1 Å². The Kier molecular flexibility index (Phi) is 2.67. The van der Waals surface area contributed by atoms with Gasteiger partial charge >= 0.3 is 0 Å². The van der Waals surface area contributed by atoms with Crippen molar-refractivity contribution >= 4 is 48.8 Å². The van der Waals surface area contributed by atoms with E-state index in [0.717, 1.165) is 48.7 Å². The molecule has 2 aromatic heterocycles. The van der Waals surface area contributed by atoms with Gasteiger partial charge in [-0.2, -0.15) is 0 Å². The van der Waals surface area contributed by atoms with Gasteiger partial charge in [0.15, 0.2) is 5.76 Å². The van der Waals surface area contributed by atoms with Gasteiger partial charge < -0.3 is 8.83 Å². The number of fused-ring (bicyclic) bond motifs is 4. The lowest BCUT2D eigenvalue weighted by atomic mass is 10.1. The molecule has 2 heterocycles. The minimum Gasteiger partial charge on any atom is -0.455 e. The summed E-state index contributed by atoms with van der Waals surface area (Å²) in [4.78, 5) is 0. The molecular formula is C20H11BrO2. The summed E-state index contributed by atoms with van der Waals surface area (Å²) in [5.41, 5.74) is 3.57. The lowest BCUT2D eigenvalue weighted by Gasteiger charge is -1.99. The standard InChI is InChI=1S/C20H11BrO2/c21-18-14-7-2-4-11-17(14)23-20(18)15-9-5-8-13-12-6-1-3-10-16(12)22-19(13)15/h1-11H. The van der Waals surface area contributed by atoms with Crippen molar-refractivity contribution in [3.8, 4) is 11.3 Å². The van der Waals surface area contributed by atoms with E-state index in [1.54, 1.807) is 0 Å². The van der Waals surface area contributed by atoms with E-state index in [-0.39, 0.29) is 0 Å². The topological polar surface area (TPSA) is 26.3 Å². The zero-order valence-electron chi connectivity index (χ0n) is 12.0. The lowest BCUT2D eigenvalue weighted by Crippen LogP contribution is -1.76. The Morgan fingerprint density at radius 3 is 2.04 bits per heavy atom. The van der Waals surface area contributed by atoms with Crippen LogP contribution in [-0.4, -0.2) is 0 Å². The molecule has 2 nitrogen and oxygen atoms in total. The van der Waals surface area contributed by atoms with E-state index < -0.39 is 0 Å². The Hall–Kier alpha value is -2.52. The van der Waals surface area contributed by atoms with Gasteiger partial charge in [0.1, 0.15) is 16.7 Å². The van der Waals surface area contributed by atoms with Crippen LogP contribution in [0.1, 0.15) is 0 Å². The number of halogens is 1. The van der Waals surface area contributed by atoms with Crippen molar-refractivity contribution in [3.05, 3.63) is 71.2 Å². The number of benzene rings is 3. The van der Waals surface area contributed by atoms with Gasteiger partial charge in [-0.1, -0.05) is 42.5 Å². The molecule has 110 valence electrons. The maximum atomic E-state index is 6.11. The smallest absolute Gasteiger partial charge is 0.153 e. The van der Waals surface area contributed by atoms with Crippen LogP contribution >= 0.6 is 15.9 Å². The molecule has 0 aliphatic rings. The predicted octanol–water partition coefficient (Wildman–Crippen LogP) is 6.76. The Bertz CT molecular complexity index is 1180. The van der Waals surface area contributed by atoms with Gasteiger partial charge in [-0.15, -0.1) is 0 Å². The van der Waals surface area contributed by atoms with Crippen LogP contribution < -0.4 is 0 Å². The summed E-state index contributed by atoms with van der Waals surface area (Å²) in [6, 6.07) is 22.3. The van der Waals surface area contributed by atoms with Crippen LogP contribution in [0, 0.1) is 0 Å². The van der Waals surface area contributed by atoms with Crippen molar-refractivity contribution in [3.63, 3.8) is 0 Å². The summed E-state index contributed by atoms with van der Waals surface area (Å²) in [6.07, 6.45) is 0. The monoisotopic (exact) mass is 362 g/mol. The van der Waals surface area contributed by atoms with Gasteiger partial charge in [0.2, 0.25) is 0 Å². The van der Waals surface area contributed by atoms with Crippen LogP contribution in [0.4, 0.5) is 0 Å². The number of hydrogen-bond acceptors (Lipinski definition) is 2. The molecule has 0 fully saturated rings. The summed E-state index contributed by atoms with van der Waals surface area (Å²) in [6.45, 7) is 0. The van der Waals surface area contributed by atoms with Gasteiger partial charge in [0.25, 0.3) is 0 Å². The van der Waals surface area contributed by atoms with Crippen molar-refractivity contribution < 1.29 is 8.83 Å². The molecule has 5 aromatic rings. The highest BCUT2D eigenvalue weighted by Crippen LogP contribution is 2.42. The predicted molar refractivity (Wildman–Crippen MR) is 96.6 cm³/mol. The third-order valence-electron chi connectivity index (χ3n) is 4.18. The van der Waals surface area contributed by atoms with E-state index in [9.17, 15) is 0 Å². The maximum Gasteiger partial charge on any atom is 0.153 e. The van der Waals surface area contributed by atoms with Gasteiger partial charge in [0.05, 0.1) is 10.0 Å². The second-order valence-corrected chi connectivity index (χ2v) is 6.31. The third kappa shape index (κ3) is 1.80. The summed E-state index contributed by atoms with van der Waals surface area (Å²) >= 11 is 3.68. The van der Waals surface area contributed by atoms with Crippen molar-refractivity contribution in [2.45, 2.75) is 0 Å². The molecule has 0 aliphatic carbocycles. The van der Waals surface area contributed by atoms with Crippen molar-refractivity contribution in [1.82, 2.24) is 0 Å². The SMILES string of the molecule is Brc1c(-c2cccc3c2oc2ccccc23)oc2ccccc12. The summed E-state index contributed by atoms with van der Waals surface area (Å²) in [7, 11) is 0. The van der Waals surface area contributed by atoms with E-state index in [4.69, 9.17) is 8.83 Å². The number of rotatable bonds is 1. The number of furan rings is 2. The summed E-state index contributed by atoms with van der Waals surface area (Å²) in [5.74, 6) is 0.802. The van der Waals surface area contributed by atoms with Crippen LogP contribution in [0.2, 0.25) is 0 Å². The highest BCUT2D eigenvalue weighted by molar-refractivity contribution is 9.10. The highest BCUT2D eigenvalue weighted by atomic mass is 79.9. The number of hydrogen-bond donors (Lipinski definition) is 0. The average molecular weight is 363 g/mol. The summed E-state index contributed by atoms with van der Waals surface area (Å²) < 4.78 is 13.1. The molecule has 3 heteroatoms. The molecule has 0 spiro atoms. The number of para-hydroxylation sites is 3. The normalized spacial score (nSPS) is 11.7. The molecule has 0 N–H and O–H groups in total. The van der Waals surface area contributed by atoms with Crippen LogP contribution in [0.15, 0.2) is 80.0 Å². The van der Waals surface area contributed by atoms with Gasteiger partial charge in [0, 0.05) is 16.2 Å².